The van der Waals surface area contributed by atoms with Gasteiger partial charge in [-0.05, 0) is 41.8 Å². The van der Waals surface area contributed by atoms with Crippen molar-refractivity contribution in [3.63, 3.8) is 0 Å². The van der Waals surface area contributed by atoms with Gasteiger partial charge in [-0.3, -0.25) is 19.4 Å². The summed E-state index contributed by atoms with van der Waals surface area (Å²) in [5, 5.41) is 1.72. The van der Waals surface area contributed by atoms with Gasteiger partial charge in [-0.1, -0.05) is 24.3 Å². The van der Waals surface area contributed by atoms with E-state index in [1.165, 1.54) is 10.6 Å². The van der Waals surface area contributed by atoms with E-state index in [2.05, 4.69) is 21.9 Å². The van der Waals surface area contributed by atoms with Crippen molar-refractivity contribution in [1.82, 2.24) is 9.80 Å². The van der Waals surface area contributed by atoms with Crippen molar-refractivity contribution in [3.8, 4) is 5.75 Å². The van der Waals surface area contributed by atoms with E-state index in [4.69, 9.17) is 4.74 Å². The van der Waals surface area contributed by atoms with Crippen LogP contribution in [0, 0.1) is 0 Å². The summed E-state index contributed by atoms with van der Waals surface area (Å²) in [6.07, 6.45) is 0. The number of amides is 2. The maximum absolute atomic E-state index is 13.0. The van der Waals surface area contributed by atoms with Crippen molar-refractivity contribution < 1.29 is 14.3 Å². The summed E-state index contributed by atoms with van der Waals surface area (Å²) in [6, 6.07) is 19.4. The molecule has 158 valence electrons. The molecule has 0 aliphatic carbocycles. The van der Waals surface area contributed by atoms with Crippen LogP contribution in [0.5, 0.6) is 5.75 Å². The smallest absolute Gasteiger partial charge is 0.261 e. The average Bonchev–Trinajstić information content (AvgIpc) is 2.83. The number of hydrogen-bond donors (Lipinski definition) is 0. The molecule has 1 fully saturated rings. The zero-order valence-electron chi connectivity index (χ0n) is 17.6. The fourth-order valence-electron chi connectivity index (χ4n) is 4.55. The van der Waals surface area contributed by atoms with Crippen LogP contribution in [0.2, 0.25) is 0 Å². The molecule has 2 heterocycles. The zero-order valence-corrected chi connectivity index (χ0v) is 17.6. The second-order valence-corrected chi connectivity index (χ2v) is 8.00. The van der Waals surface area contributed by atoms with Crippen LogP contribution < -0.4 is 9.64 Å². The quantitative estimate of drug-likeness (QED) is 0.599. The molecule has 2 amide bonds. The van der Waals surface area contributed by atoms with E-state index < -0.39 is 0 Å². The Balaban J connectivity index is 1.23. The topological polar surface area (TPSA) is 53.1 Å². The summed E-state index contributed by atoms with van der Waals surface area (Å²) in [6.45, 7) is 4.71. The Morgan fingerprint density at radius 3 is 1.97 bits per heavy atom. The fraction of sp³-hybridized carbons (Fsp3) is 0.280. The molecule has 2 aliphatic rings. The molecular formula is C25H25N3O3. The van der Waals surface area contributed by atoms with E-state index in [1.54, 1.807) is 7.11 Å². The van der Waals surface area contributed by atoms with Crippen LogP contribution in [-0.2, 0) is 0 Å². The van der Waals surface area contributed by atoms with Gasteiger partial charge in [-0.25, -0.2) is 0 Å². The van der Waals surface area contributed by atoms with Crippen molar-refractivity contribution in [2.75, 3.05) is 51.3 Å². The standard InChI is InChI=1S/C25H25N3O3/c1-31-20-10-8-19(9-11-20)27-15-12-26(13-16-27)14-17-28-24(29)21-6-2-4-18-5-3-7-22(23(18)21)25(28)30/h2-11H,12-17H2,1H3. The first-order valence-electron chi connectivity index (χ1n) is 10.6. The lowest BCUT2D eigenvalue weighted by molar-refractivity contribution is 0.0591. The minimum absolute atomic E-state index is 0.189. The molecule has 0 N–H and O–H groups in total. The number of imide groups is 1. The van der Waals surface area contributed by atoms with Crippen LogP contribution in [0.1, 0.15) is 20.7 Å². The van der Waals surface area contributed by atoms with Crippen molar-refractivity contribution in [1.29, 1.82) is 0 Å². The van der Waals surface area contributed by atoms with E-state index in [9.17, 15) is 9.59 Å². The highest BCUT2D eigenvalue weighted by atomic mass is 16.5. The van der Waals surface area contributed by atoms with Gasteiger partial charge in [0.15, 0.2) is 0 Å². The third-order valence-electron chi connectivity index (χ3n) is 6.31. The minimum Gasteiger partial charge on any atom is -0.497 e. The fourth-order valence-corrected chi connectivity index (χ4v) is 4.55. The molecule has 3 aromatic rings. The van der Waals surface area contributed by atoms with E-state index in [0.29, 0.717) is 24.2 Å². The van der Waals surface area contributed by atoms with Gasteiger partial charge in [0.1, 0.15) is 5.75 Å². The van der Waals surface area contributed by atoms with Crippen molar-refractivity contribution in [2.24, 2.45) is 0 Å². The average molecular weight is 415 g/mol. The van der Waals surface area contributed by atoms with Crippen LogP contribution >= 0.6 is 0 Å². The predicted molar refractivity (Wildman–Crippen MR) is 121 cm³/mol. The van der Waals surface area contributed by atoms with Gasteiger partial charge in [0.25, 0.3) is 11.8 Å². The largest absolute Gasteiger partial charge is 0.497 e. The van der Waals surface area contributed by atoms with Gasteiger partial charge >= 0.3 is 0 Å². The van der Waals surface area contributed by atoms with E-state index >= 15 is 0 Å². The molecule has 0 bridgehead atoms. The van der Waals surface area contributed by atoms with Gasteiger partial charge < -0.3 is 9.64 Å². The highest BCUT2D eigenvalue weighted by Gasteiger charge is 2.32. The number of hydrogen-bond acceptors (Lipinski definition) is 5. The second-order valence-electron chi connectivity index (χ2n) is 8.00. The highest BCUT2D eigenvalue weighted by Crippen LogP contribution is 2.30. The Hall–Kier alpha value is -3.38. The lowest BCUT2D eigenvalue weighted by Gasteiger charge is -2.37. The number of rotatable bonds is 5. The Morgan fingerprint density at radius 2 is 1.39 bits per heavy atom. The number of methoxy groups -OCH3 is 1. The van der Waals surface area contributed by atoms with Gasteiger partial charge in [0.05, 0.1) is 7.11 Å². The van der Waals surface area contributed by atoms with Crippen molar-refractivity contribution >= 4 is 28.3 Å². The van der Waals surface area contributed by atoms with Crippen LogP contribution in [0.25, 0.3) is 10.8 Å². The summed E-state index contributed by atoms with van der Waals surface area (Å²) in [5.41, 5.74) is 2.43. The molecule has 6 nitrogen and oxygen atoms in total. The molecule has 2 aliphatic heterocycles. The number of anilines is 1. The molecule has 6 heteroatoms. The molecule has 0 saturated carbocycles. The van der Waals surface area contributed by atoms with Crippen LogP contribution in [0.4, 0.5) is 5.69 Å². The molecule has 5 rings (SSSR count). The Labute approximate surface area is 181 Å². The Morgan fingerprint density at radius 1 is 0.774 bits per heavy atom. The summed E-state index contributed by atoms with van der Waals surface area (Å²) >= 11 is 0. The van der Waals surface area contributed by atoms with Gasteiger partial charge in [-0.15, -0.1) is 0 Å². The zero-order chi connectivity index (χ0) is 21.4. The predicted octanol–water partition coefficient (Wildman–Crippen LogP) is 3.27. The molecule has 31 heavy (non-hydrogen) atoms. The summed E-state index contributed by atoms with van der Waals surface area (Å²) < 4.78 is 5.23. The number of benzene rings is 3. The number of nitrogens with zero attached hydrogens (tertiary/aromatic N) is 3. The maximum Gasteiger partial charge on any atom is 0.261 e. The Bertz CT molecular complexity index is 1080. The first-order chi connectivity index (χ1) is 15.2. The lowest BCUT2D eigenvalue weighted by atomic mass is 9.94. The molecule has 1 saturated heterocycles. The molecule has 0 aromatic heterocycles. The number of piperazine rings is 1. The summed E-state index contributed by atoms with van der Waals surface area (Å²) in [5.74, 6) is 0.479. The number of carbonyl (C=O) groups excluding carboxylic acids is 2. The molecule has 0 spiro atoms. The monoisotopic (exact) mass is 415 g/mol. The van der Waals surface area contributed by atoms with E-state index in [1.807, 2.05) is 48.5 Å². The summed E-state index contributed by atoms with van der Waals surface area (Å²) in [4.78, 5) is 32.2. The second kappa shape index (κ2) is 8.04. The van der Waals surface area contributed by atoms with Crippen LogP contribution in [0.15, 0.2) is 60.7 Å². The van der Waals surface area contributed by atoms with Crippen molar-refractivity contribution in [2.45, 2.75) is 0 Å². The maximum atomic E-state index is 13.0. The molecule has 0 unspecified atom stereocenters. The first kappa shape index (κ1) is 19.6. The number of ether oxygens (including phenoxy) is 1. The molecular weight excluding hydrogens is 390 g/mol. The van der Waals surface area contributed by atoms with Crippen LogP contribution in [-0.4, -0.2) is 68.0 Å². The van der Waals surface area contributed by atoms with Gasteiger partial charge in [-0.2, -0.15) is 0 Å². The lowest BCUT2D eigenvalue weighted by Crippen LogP contribution is -2.50. The Kier molecular flexibility index (Phi) is 5.08. The minimum atomic E-state index is -0.189. The van der Waals surface area contributed by atoms with Gasteiger partial charge in [0, 0.05) is 61.5 Å². The van der Waals surface area contributed by atoms with E-state index in [0.717, 1.165) is 42.7 Å². The van der Waals surface area contributed by atoms with Crippen molar-refractivity contribution in [3.05, 3.63) is 71.8 Å². The molecule has 3 aromatic carbocycles. The highest BCUT2D eigenvalue weighted by molar-refractivity contribution is 6.25. The first-order valence-corrected chi connectivity index (χ1v) is 10.6. The number of carbonyl (C=O) groups is 2. The molecule has 0 atom stereocenters. The van der Waals surface area contributed by atoms with E-state index in [-0.39, 0.29) is 11.8 Å². The third-order valence-corrected chi connectivity index (χ3v) is 6.31. The molecule has 0 radical (unpaired) electrons. The van der Waals surface area contributed by atoms with Gasteiger partial charge in [0.2, 0.25) is 0 Å². The third kappa shape index (κ3) is 3.53. The summed E-state index contributed by atoms with van der Waals surface area (Å²) in [7, 11) is 1.67. The van der Waals surface area contributed by atoms with Crippen LogP contribution in [0.3, 0.4) is 0 Å². The SMILES string of the molecule is COc1ccc(N2CCN(CCN3C(=O)c4cccc5cccc(c45)C3=O)CC2)cc1. The normalized spacial score (nSPS) is 16.8.